The van der Waals surface area contributed by atoms with Gasteiger partial charge in [0.15, 0.2) is 9.84 Å². The van der Waals surface area contributed by atoms with Crippen LogP contribution in [-0.2, 0) is 14.6 Å². The molecule has 1 saturated carbocycles. The number of carbonyl (C=O) groups excluding carboxylic acids is 1. The summed E-state index contributed by atoms with van der Waals surface area (Å²) >= 11 is 0. The van der Waals surface area contributed by atoms with Crippen LogP contribution in [0.4, 0.5) is 5.95 Å². The second-order valence-electron chi connectivity index (χ2n) is 9.37. The summed E-state index contributed by atoms with van der Waals surface area (Å²) in [6, 6.07) is 5.33. The van der Waals surface area contributed by atoms with Crippen molar-refractivity contribution in [1.82, 2.24) is 15.3 Å². The largest absolute Gasteiger partial charge is 0.353 e. The Bertz CT molecular complexity index is 1070. The van der Waals surface area contributed by atoms with Gasteiger partial charge in [0.25, 0.3) is 0 Å². The van der Waals surface area contributed by atoms with Gasteiger partial charge in [-0.3, -0.25) is 4.79 Å². The number of benzene rings is 1. The van der Waals surface area contributed by atoms with Crippen molar-refractivity contribution in [2.45, 2.75) is 75.6 Å². The summed E-state index contributed by atoms with van der Waals surface area (Å²) in [5, 5.41) is 4.18. The lowest BCUT2D eigenvalue weighted by atomic mass is 9.93. The average Bonchev–Trinajstić information content (AvgIpc) is 2.74. The SMILES string of the molecule is Cc1nc(N2CCC(C(=O)NC3CCCCCCC3)CC2)nc2cc(S(C)(=O)=O)ccc12. The van der Waals surface area contributed by atoms with Crippen molar-refractivity contribution in [1.29, 1.82) is 0 Å². The number of nitrogens with one attached hydrogen (secondary N) is 1. The normalized spacial score (nSPS) is 19.5. The Balaban J connectivity index is 1.41. The Kier molecular flexibility index (Phi) is 6.98. The van der Waals surface area contributed by atoms with Crippen LogP contribution in [0.15, 0.2) is 23.1 Å². The first-order chi connectivity index (χ1) is 15.3. The Labute approximate surface area is 190 Å². The van der Waals surface area contributed by atoms with Gasteiger partial charge in [-0.2, -0.15) is 0 Å². The number of fused-ring (bicyclic) bond motifs is 1. The number of carbonyl (C=O) groups is 1. The first kappa shape index (κ1) is 23.0. The van der Waals surface area contributed by atoms with Crippen molar-refractivity contribution in [2.24, 2.45) is 5.92 Å². The molecule has 1 aliphatic heterocycles. The van der Waals surface area contributed by atoms with E-state index >= 15 is 0 Å². The van der Waals surface area contributed by atoms with Gasteiger partial charge in [0, 0.05) is 36.7 Å². The molecule has 1 aliphatic carbocycles. The second-order valence-corrected chi connectivity index (χ2v) is 11.4. The number of hydrogen-bond donors (Lipinski definition) is 1. The van der Waals surface area contributed by atoms with Crippen LogP contribution >= 0.6 is 0 Å². The molecule has 4 rings (SSSR count). The number of piperidine rings is 1. The molecule has 1 saturated heterocycles. The molecule has 1 amide bonds. The van der Waals surface area contributed by atoms with Gasteiger partial charge in [0.05, 0.1) is 16.1 Å². The Morgan fingerprint density at radius 3 is 2.31 bits per heavy atom. The maximum absolute atomic E-state index is 12.9. The molecule has 1 aromatic heterocycles. The van der Waals surface area contributed by atoms with Gasteiger partial charge in [-0.1, -0.05) is 32.1 Å². The molecule has 174 valence electrons. The van der Waals surface area contributed by atoms with Crippen molar-refractivity contribution in [3.8, 4) is 0 Å². The molecule has 1 aromatic carbocycles. The van der Waals surface area contributed by atoms with E-state index in [1.165, 1.54) is 38.4 Å². The van der Waals surface area contributed by atoms with E-state index in [1.807, 2.05) is 6.92 Å². The predicted molar refractivity (Wildman–Crippen MR) is 127 cm³/mol. The molecule has 0 radical (unpaired) electrons. The van der Waals surface area contributed by atoms with Crippen molar-refractivity contribution in [3.63, 3.8) is 0 Å². The summed E-state index contributed by atoms with van der Waals surface area (Å²) in [5.74, 6) is 0.846. The van der Waals surface area contributed by atoms with Crippen molar-refractivity contribution in [2.75, 3.05) is 24.2 Å². The first-order valence-corrected chi connectivity index (χ1v) is 13.7. The molecule has 0 spiro atoms. The molecule has 2 aliphatic rings. The number of nitrogens with zero attached hydrogens (tertiary/aromatic N) is 3. The molecule has 2 heterocycles. The molecule has 2 fully saturated rings. The van der Waals surface area contributed by atoms with E-state index in [9.17, 15) is 13.2 Å². The van der Waals surface area contributed by atoms with Gasteiger partial charge < -0.3 is 10.2 Å². The van der Waals surface area contributed by atoms with Crippen LogP contribution in [0.25, 0.3) is 10.9 Å². The number of anilines is 1. The molecule has 1 N–H and O–H groups in total. The summed E-state index contributed by atoms with van der Waals surface area (Å²) in [4.78, 5) is 24.6. The Morgan fingerprint density at radius 2 is 1.66 bits per heavy atom. The molecule has 7 nitrogen and oxygen atoms in total. The third-order valence-corrected chi connectivity index (χ3v) is 7.99. The highest BCUT2D eigenvalue weighted by atomic mass is 32.2. The number of hydrogen-bond acceptors (Lipinski definition) is 6. The minimum atomic E-state index is -3.30. The van der Waals surface area contributed by atoms with Crippen molar-refractivity contribution >= 4 is 32.6 Å². The van der Waals surface area contributed by atoms with Gasteiger partial charge >= 0.3 is 0 Å². The van der Waals surface area contributed by atoms with Crippen LogP contribution in [0.2, 0.25) is 0 Å². The molecular formula is C24H34N4O3S. The van der Waals surface area contributed by atoms with Gasteiger partial charge in [-0.25, -0.2) is 18.4 Å². The molecule has 8 heteroatoms. The third kappa shape index (κ3) is 5.39. The number of rotatable bonds is 4. The minimum absolute atomic E-state index is 0.0371. The van der Waals surface area contributed by atoms with Crippen LogP contribution in [0.5, 0.6) is 0 Å². The Morgan fingerprint density at radius 1 is 1.00 bits per heavy atom. The maximum atomic E-state index is 12.9. The van der Waals surface area contributed by atoms with E-state index in [-0.39, 0.29) is 16.7 Å². The van der Waals surface area contributed by atoms with Crippen molar-refractivity contribution < 1.29 is 13.2 Å². The van der Waals surface area contributed by atoms with Gasteiger partial charge in [-0.05, 0) is 50.8 Å². The highest BCUT2D eigenvalue weighted by Crippen LogP contribution is 2.26. The summed E-state index contributed by atoms with van der Waals surface area (Å²) in [6.07, 6.45) is 11.3. The van der Waals surface area contributed by atoms with Crippen LogP contribution in [0, 0.1) is 12.8 Å². The van der Waals surface area contributed by atoms with Crippen LogP contribution < -0.4 is 10.2 Å². The smallest absolute Gasteiger partial charge is 0.226 e. The van der Waals surface area contributed by atoms with E-state index in [0.717, 1.165) is 49.9 Å². The fourth-order valence-corrected chi connectivity index (χ4v) is 5.53. The fourth-order valence-electron chi connectivity index (χ4n) is 4.89. The lowest BCUT2D eigenvalue weighted by Crippen LogP contribution is -2.44. The molecular weight excluding hydrogens is 424 g/mol. The lowest BCUT2D eigenvalue weighted by molar-refractivity contribution is -0.126. The lowest BCUT2D eigenvalue weighted by Gasteiger charge is -2.32. The van der Waals surface area contributed by atoms with Crippen LogP contribution in [-0.4, -0.2) is 49.7 Å². The Hall–Kier alpha value is -2.22. The summed E-state index contributed by atoms with van der Waals surface area (Å²) < 4.78 is 23.9. The summed E-state index contributed by atoms with van der Waals surface area (Å²) in [7, 11) is -3.30. The number of sulfone groups is 1. The molecule has 0 unspecified atom stereocenters. The van der Waals surface area contributed by atoms with Crippen molar-refractivity contribution in [3.05, 3.63) is 23.9 Å². The number of aryl methyl sites for hydroxylation is 1. The van der Waals surface area contributed by atoms with E-state index in [0.29, 0.717) is 17.5 Å². The average molecular weight is 459 g/mol. The summed E-state index contributed by atoms with van der Waals surface area (Å²) in [5.41, 5.74) is 1.47. The fraction of sp³-hybridized carbons (Fsp3) is 0.625. The monoisotopic (exact) mass is 458 g/mol. The first-order valence-electron chi connectivity index (χ1n) is 11.8. The number of aromatic nitrogens is 2. The highest BCUT2D eigenvalue weighted by Gasteiger charge is 2.28. The van der Waals surface area contributed by atoms with E-state index in [2.05, 4.69) is 20.2 Å². The number of amides is 1. The maximum Gasteiger partial charge on any atom is 0.226 e. The van der Waals surface area contributed by atoms with Gasteiger partial charge in [0.1, 0.15) is 0 Å². The van der Waals surface area contributed by atoms with Crippen LogP contribution in [0.1, 0.15) is 63.5 Å². The standard InChI is InChI=1S/C24H34N4O3S/c1-17-21-11-10-20(32(2,30)31)16-22(21)27-24(25-17)28-14-12-18(13-15-28)23(29)26-19-8-6-4-3-5-7-9-19/h10-11,16,18-19H,3-9,12-15H2,1-2H3,(H,26,29). The summed E-state index contributed by atoms with van der Waals surface area (Å²) in [6.45, 7) is 3.36. The second kappa shape index (κ2) is 9.73. The topological polar surface area (TPSA) is 92.3 Å². The zero-order valence-electron chi connectivity index (χ0n) is 19.1. The quantitative estimate of drug-likeness (QED) is 0.749. The van der Waals surface area contributed by atoms with Crippen LogP contribution in [0.3, 0.4) is 0 Å². The zero-order valence-corrected chi connectivity index (χ0v) is 20.0. The van der Waals surface area contributed by atoms with E-state index < -0.39 is 9.84 Å². The molecule has 0 atom stereocenters. The predicted octanol–water partition coefficient (Wildman–Crippen LogP) is 3.79. The highest BCUT2D eigenvalue weighted by molar-refractivity contribution is 7.90. The van der Waals surface area contributed by atoms with E-state index in [1.54, 1.807) is 18.2 Å². The molecule has 32 heavy (non-hydrogen) atoms. The molecule has 2 aromatic rings. The van der Waals surface area contributed by atoms with Gasteiger partial charge in [-0.15, -0.1) is 0 Å². The van der Waals surface area contributed by atoms with E-state index in [4.69, 9.17) is 0 Å². The minimum Gasteiger partial charge on any atom is -0.353 e. The molecule has 0 bridgehead atoms. The van der Waals surface area contributed by atoms with Gasteiger partial charge in [0.2, 0.25) is 11.9 Å². The third-order valence-electron chi connectivity index (χ3n) is 6.88. The zero-order chi connectivity index (χ0) is 22.7.